The van der Waals surface area contributed by atoms with Gasteiger partial charge in [0.1, 0.15) is 5.75 Å². The summed E-state index contributed by atoms with van der Waals surface area (Å²) in [5.41, 5.74) is 3.22. The third kappa shape index (κ3) is 4.13. The summed E-state index contributed by atoms with van der Waals surface area (Å²) < 4.78 is 5.43. The summed E-state index contributed by atoms with van der Waals surface area (Å²) >= 11 is 0. The Morgan fingerprint density at radius 2 is 1.94 bits per heavy atom. The highest BCUT2D eigenvalue weighted by Crippen LogP contribution is 2.10. The lowest BCUT2D eigenvalue weighted by molar-refractivity contribution is -0.127. The van der Waals surface area contributed by atoms with Crippen molar-refractivity contribution in [1.29, 1.82) is 0 Å². The van der Waals surface area contributed by atoms with E-state index in [2.05, 4.69) is 10.5 Å². The van der Waals surface area contributed by atoms with E-state index in [-0.39, 0.29) is 5.91 Å². The fraction of sp³-hybridized carbons (Fsp3) is 0.333. The molecular formula is C12H16N2O2. The lowest BCUT2D eigenvalue weighted by Gasteiger charge is -2.12. The van der Waals surface area contributed by atoms with E-state index in [9.17, 15) is 4.79 Å². The maximum atomic E-state index is 11.5. The van der Waals surface area contributed by atoms with E-state index in [0.717, 1.165) is 5.71 Å². The second-order valence-electron chi connectivity index (χ2n) is 3.61. The highest BCUT2D eigenvalue weighted by molar-refractivity contribution is 5.84. The van der Waals surface area contributed by atoms with Gasteiger partial charge in [0.2, 0.25) is 0 Å². The van der Waals surface area contributed by atoms with Crippen molar-refractivity contribution in [3.63, 3.8) is 0 Å². The number of carbonyl (C=O) groups excluding carboxylic acids is 1. The molecule has 0 saturated heterocycles. The zero-order valence-corrected chi connectivity index (χ0v) is 9.73. The third-order valence-corrected chi connectivity index (χ3v) is 1.81. The van der Waals surface area contributed by atoms with E-state index in [0.29, 0.717) is 5.75 Å². The van der Waals surface area contributed by atoms with E-state index >= 15 is 0 Å². The summed E-state index contributed by atoms with van der Waals surface area (Å²) in [6, 6.07) is 9.21. The fourth-order valence-corrected chi connectivity index (χ4v) is 1.01. The molecule has 1 atom stereocenters. The maximum absolute atomic E-state index is 11.5. The topological polar surface area (TPSA) is 50.7 Å². The summed E-state index contributed by atoms with van der Waals surface area (Å²) in [7, 11) is 0. The molecule has 0 aliphatic rings. The Morgan fingerprint density at radius 1 is 1.31 bits per heavy atom. The van der Waals surface area contributed by atoms with Gasteiger partial charge < -0.3 is 4.74 Å². The molecule has 16 heavy (non-hydrogen) atoms. The molecule has 0 aliphatic carbocycles. The smallest absolute Gasteiger partial charge is 0.280 e. The first-order valence-corrected chi connectivity index (χ1v) is 5.12. The van der Waals surface area contributed by atoms with Crippen molar-refractivity contribution in [2.24, 2.45) is 5.10 Å². The summed E-state index contributed by atoms with van der Waals surface area (Å²) in [5.74, 6) is 0.410. The minimum absolute atomic E-state index is 0.259. The number of para-hydroxylation sites is 1. The van der Waals surface area contributed by atoms with Crippen LogP contribution in [-0.2, 0) is 4.79 Å². The number of amides is 1. The van der Waals surface area contributed by atoms with Crippen LogP contribution in [0.15, 0.2) is 35.4 Å². The van der Waals surface area contributed by atoms with Crippen LogP contribution < -0.4 is 10.2 Å². The Balaban J connectivity index is 2.49. The highest BCUT2D eigenvalue weighted by atomic mass is 16.5. The molecule has 1 rings (SSSR count). The largest absolute Gasteiger partial charge is 0.481 e. The van der Waals surface area contributed by atoms with Crippen LogP contribution >= 0.6 is 0 Å². The van der Waals surface area contributed by atoms with Gasteiger partial charge in [0, 0.05) is 5.71 Å². The molecule has 1 amide bonds. The van der Waals surface area contributed by atoms with Crippen molar-refractivity contribution >= 4 is 11.6 Å². The van der Waals surface area contributed by atoms with E-state index < -0.39 is 6.10 Å². The predicted molar refractivity (Wildman–Crippen MR) is 63.5 cm³/mol. The second kappa shape index (κ2) is 5.90. The van der Waals surface area contributed by atoms with Gasteiger partial charge in [0.25, 0.3) is 5.91 Å². The van der Waals surface area contributed by atoms with Crippen molar-refractivity contribution < 1.29 is 9.53 Å². The molecule has 0 saturated carbocycles. The number of carbonyl (C=O) groups is 1. The van der Waals surface area contributed by atoms with Gasteiger partial charge in [-0.3, -0.25) is 4.79 Å². The molecule has 1 aromatic carbocycles. The van der Waals surface area contributed by atoms with Crippen LogP contribution in [0.4, 0.5) is 0 Å². The van der Waals surface area contributed by atoms with Crippen LogP contribution in [0.25, 0.3) is 0 Å². The molecule has 0 spiro atoms. The van der Waals surface area contributed by atoms with Gasteiger partial charge in [-0.1, -0.05) is 18.2 Å². The molecule has 1 aromatic rings. The van der Waals surface area contributed by atoms with Crippen molar-refractivity contribution in [3.8, 4) is 5.75 Å². The molecule has 1 unspecified atom stereocenters. The number of rotatable bonds is 4. The molecule has 0 fully saturated rings. The number of benzene rings is 1. The second-order valence-corrected chi connectivity index (χ2v) is 3.61. The SMILES string of the molecule is CC(C)=NNC(=O)C(C)Oc1ccccc1. The van der Waals surface area contributed by atoms with Crippen LogP contribution in [0.5, 0.6) is 5.75 Å². The standard InChI is InChI=1S/C12H16N2O2/c1-9(2)13-14-12(15)10(3)16-11-7-5-4-6-8-11/h4-8,10H,1-3H3,(H,14,15). The van der Waals surface area contributed by atoms with Crippen LogP contribution in [-0.4, -0.2) is 17.7 Å². The molecule has 86 valence electrons. The van der Waals surface area contributed by atoms with Gasteiger partial charge in [-0.15, -0.1) is 0 Å². The average Bonchev–Trinajstić information content (AvgIpc) is 2.27. The van der Waals surface area contributed by atoms with Crippen molar-refractivity contribution in [2.75, 3.05) is 0 Å². The van der Waals surface area contributed by atoms with Gasteiger partial charge in [-0.2, -0.15) is 5.10 Å². The zero-order chi connectivity index (χ0) is 12.0. The third-order valence-electron chi connectivity index (χ3n) is 1.81. The molecule has 0 aliphatic heterocycles. The van der Waals surface area contributed by atoms with Crippen LogP contribution in [0, 0.1) is 0 Å². The molecule has 0 heterocycles. The monoisotopic (exact) mass is 220 g/mol. The van der Waals surface area contributed by atoms with Gasteiger partial charge in [-0.25, -0.2) is 5.43 Å². The van der Waals surface area contributed by atoms with Gasteiger partial charge in [0.15, 0.2) is 6.10 Å². The minimum Gasteiger partial charge on any atom is -0.481 e. The van der Waals surface area contributed by atoms with Gasteiger partial charge >= 0.3 is 0 Å². The Kier molecular flexibility index (Phi) is 4.51. The maximum Gasteiger partial charge on any atom is 0.280 e. The molecule has 0 bridgehead atoms. The van der Waals surface area contributed by atoms with E-state index in [1.165, 1.54) is 0 Å². The lowest BCUT2D eigenvalue weighted by atomic mass is 10.3. The van der Waals surface area contributed by atoms with Crippen molar-refractivity contribution in [2.45, 2.75) is 26.9 Å². The number of nitrogens with zero attached hydrogens (tertiary/aromatic N) is 1. The molecule has 4 nitrogen and oxygen atoms in total. The Bertz CT molecular complexity index is 370. The van der Waals surface area contributed by atoms with Crippen molar-refractivity contribution in [3.05, 3.63) is 30.3 Å². The first-order valence-electron chi connectivity index (χ1n) is 5.12. The number of nitrogens with one attached hydrogen (secondary N) is 1. The summed E-state index contributed by atoms with van der Waals surface area (Å²) in [6.45, 7) is 5.30. The van der Waals surface area contributed by atoms with Gasteiger partial charge in [-0.05, 0) is 32.9 Å². The van der Waals surface area contributed by atoms with Crippen LogP contribution in [0.1, 0.15) is 20.8 Å². The Hall–Kier alpha value is -1.84. The predicted octanol–water partition coefficient (Wildman–Crippen LogP) is 1.97. The molecule has 0 radical (unpaired) electrons. The molecule has 4 heteroatoms. The fourth-order valence-electron chi connectivity index (χ4n) is 1.01. The lowest BCUT2D eigenvalue weighted by Crippen LogP contribution is -2.33. The zero-order valence-electron chi connectivity index (χ0n) is 9.73. The number of hydrogen-bond donors (Lipinski definition) is 1. The number of hydrazone groups is 1. The molecular weight excluding hydrogens is 204 g/mol. The summed E-state index contributed by atoms with van der Waals surface area (Å²) in [5, 5.41) is 3.82. The Morgan fingerprint density at radius 3 is 2.50 bits per heavy atom. The first-order chi connectivity index (χ1) is 7.59. The van der Waals surface area contributed by atoms with Crippen LogP contribution in [0.2, 0.25) is 0 Å². The van der Waals surface area contributed by atoms with Gasteiger partial charge in [0.05, 0.1) is 0 Å². The highest BCUT2D eigenvalue weighted by Gasteiger charge is 2.13. The number of hydrogen-bond acceptors (Lipinski definition) is 3. The normalized spacial score (nSPS) is 11.4. The van der Waals surface area contributed by atoms with Crippen molar-refractivity contribution in [1.82, 2.24) is 5.43 Å². The number of ether oxygens (including phenoxy) is 1. The minimum atomic E-state index is -0.564. The molecule has 1 N–H and O–H groups in total. The van der Waals surface area contributed by atoms with E-state index in [1.807, 2.05) is 32.0 Å². The van der Waals surface area contributed by atoms with E-state index in [1.54, 1.807) is 19.1 Å². The van der Waals surface area contributed by atoms with Crippen LogP contribution in [0.3, 0.4) is 0 Å². The molecule has 0 aromatic heterocycles. The van der Waals surface area contributed by atoms with E-state index in [4.69, 9.17) is 4.74 Å². The summed E-state index contributed by atoms with van der Waals surface area (Å²) in [4.78, 5) is 11.5. The quantitative estimate of drug-likeness (QED) is 0.623. The Labute approximate surface area is 95.3 Å². The average molecular weight is 220 g/mol. The first kappa shape index (κ1) is 12.2. The summed E-state index contributed by atoms with van der Waals surface area (Å²) in [6.07, 6.45) is -0.564.